The zero-order chi connectivity index (χ0) is 20.5. The van der Waals surface area contributed by atoms with Gasteiger partial charge in [0.1, 0.15) is 0 Å². The third kappa shape index (κ3) is 6.19. The fourth-order valence-electron chi connectivity index (χ4n) is 2.83. The van der Waals surface area contributed by atoms with Crippen molar-refractivity contribution in [2.24, 2.45) is 0 Å². The molecule has 0 aliphatic carbocycles. The molecule has 0 spiro atoms. The van der Waals surface area contributed by atoms with Gasteiger partial charge in [0.15, 0.2) is 0 Å². The van der Waals surface area contributed by atoms with E-state index in [0.29, 0.717) is 18.7 Å². The Labute approximate surface area is 175 Å². The lowest BCUT2D eigenvalue weighted by Gasteiger charge is -2.09. The van der Waals surface area contributed by atoms with Crippen molar-refractivity contribution in [3.63, 3.8) is 0 Å². The third-order valence-electron chi connectivity index (χ3n) is 4.35. The SMILES string of the molecule is CSc1ccc(-c2cccc(C(=O)NCCNC(=O)Cc3ccccn3)c2)cc1. The zero-order valence-corrected chi connectivity index (χ0v) is 17.0. The molecule has 0 atom stereocenters. The number of hydrogen-bond acceptors (Lipinski definition) is 4. The number of nitrogens with one attached hydrogen (secondary N) is 2. The van der Waals surface area contributed by atoms with E-state index in [4.69, 9.17) is 0 Å². The first-order chi connectivity index (χ1) is 14.2. The Kier molecular flexibility index (Phi) is 7.41. The van der Waals surface area contributed by atoms with Gasteiger partial charge in [0.25, 0.3) is 5.91 Å². The molecule has 0 saturated carbocycles. The molecule has 0 radical (unpaired) electrons. The van der Waals surface area contributed by atoms with Gasteiger partial charge in [0.05, 0.1) is 6.42 Å². The molecule has 2 N–H and O–H groups in total. The van der Waals surface area contributed by atoms with Crippen LogP contribution in [-0.2, 0) is 11.2 Å². The number of amides is 2. The van der Waals surface area contributed by atoms with E-state index in [-0.39, 0.29) is 18.2 Å². The molecular formula is C23H23N3O2S. The molecule has 3 aromatic rings. The number of aromatic nitrogens is 1. The van der Waals surface area contributed by atoms with Crippen LogP contribution >= 0.6 is 11.8 Å². The van der Waals surface area contributed by atoms with E-state index < -0.39 is 0 Å². The van der Waals surface area contributed by atoms with Crippen LogP contribution in [0.5, 0.6) is 0 Å². The second-order valence-electron chi connectivity index (χ2n) is 6.41. The lowest BCUT2D eigenvalue weighted by molar-refractivity contribution is -0.120. The molecule has 5 nitrogen and oxygen atoms in total. The minimum Gasteiger partial charge on any atom is -0.354 e. The maximum atomic E-state index is 12.4. The van der Waals surface area contributed by atoms with Gasteiger partial charge in [-0.25, -0.2) is 0 Å². The Morgan fingerprint density at radius 3 is 2.41 bits per heavy atom. The third-order valence-corrected chi connectivity index (χ3v) is 5.09. The van der Waals surface area contributed by atoms with E-state index in [1.54, 1.807) is 24.0 Å². The lowest BCUT2D eigenvalue weighted by atomic mass is 10.0. The molecule has 1 heterocycles. The summed E-state index contributed by atoms with van der Waals surface area (Å²) in [6.45, 7) is 0.729. The van der Waals surface area contributed by atoms with Crippen LogP contribution in [0.4, 0.5) is 0 Å². The van der Waals surface area contributed by atoms with Crippen LogP contribution < -0.4 is 10.6 Å². The van der Waals surface area contributed by atoms with Crippen molar-refractivity contribution in [1.82, 2.24) is 15.6 Å². The minimum absolute atomic E-state index is 0.117. The minimum atomic E-state index is -0.161. The van der Waals surface area contributed by atoms with Crippen LogP contribution in [0.2, 0.25) is 0 Å². The predicted octanol–water partition coefficient (Wildman–Crippen LogP) is 3.56. The van der Waals surface area contributed by atoms with Crippen molar-refractivity contribution >= 4 is 23.6 Å². The van der Waals surface area contributed by atoms with E-state index in [9.17, 15) is 9.59 Å². The molecule has 0 aliphatic heterocycles. The first kappa shape index (κ1) is 20.6. The van der Waals surface area contributed by atoms with Crippen molar-refractivity contribution in [3.05, 3.63) is 84.2 Å². The van der Waals surface area contributed by atoms with Crippen LogP contribution in [0.3, 0.4) is 0 Å². The van der Waals surface area contributed by atoms with Crippen LogP contribution in [0.25, 0.3) is 11.1 Å². The van der Waals surface area contributed by atoms with E-state index in [0.717, 1.165) is 16.8 Å². The van der Waals surface area contributed by atoms with Gasteiger partial charge in [-0.1, -0.05) is 30.3 Å². The number of thioether (sulfide) groups is 1. The fraction of sp³-hybridized carbons (Fsp3) is 0.174. The number of nitrogens with zero attached hydrogens (tertiary/aromatic N) is 1. The number of carbonyl (C=O) groups excluding carboxylic acids is 2. The summed E-state index contributed by atoms with van der Waals surface area (Å²) < 4.78 is 0. The van der Waals surface area contributed by atoms with Crippen molar-refractivity contribution in [3.8, 4) is 11.1 Å². The number of rotatable bonds is 8. The Bertz CT molecular complexity index is 959. The summed E-state index contributed by atoms with van der Waals surface area (Å²) in [6.07, 6.45) is 3.93. The number of carbonyl (C=O) groups is 2. The standard InChI is InChI=1S/C23H23N3O2S/c1-29-21-10-8-17(9-11-21)18-5-4-6-19(15-18)23(28)26-14-13-25-22(27)16-20-7-2-3-12-24-20/h2-12,15H,13-14,16H2,1H3,(H,25,27)(H,26,28). The first-order valence-electron chi connectivity index (χ1n) is 9.35. The van der Waals surface area contributed by atoms with Gasteiger partial charge < -0.3 is 10.6 Å². The normalized spacial score (nSPS) is 10.4. The average molecular weight is 406 g/mol. The largest absolute Gasteiger partial charge is 0.354 e. The van der Waals surface area contributed by atoms with Gasteiger partial charge in [-0.2, -0.15) is 0 Å². The van der Waals surface area contributed by atoms with Gasteiger partial charge in [-0.3, -0.25) is 14.6 Å². The highest BCUT2D eigenvalue weighted by atomic mass is 32.2. The molecule has 148 valence electrons. The van der Waals surface area contributed by atoms with Crippen molar-refractivity contribution in [2.45, 2.75) is 11.3 Å². The first-order valence-corrected chi connectivity index (χ1v) is 10.6. The smallest absolute Gasteiger partial charge is 0.251 e. The quantitative estimate of drug-likeness (QED) is 0.444. The van der Waals surface area contributed by atoms with Crippen molar-refractivity contribution < 1.29 is 9.59 Å². The summed E-state index contributed by atoms with van der Waals surface area (Å²) in [7, 11) is 0. The van der Waals surface area contributed by atoms with Gasteiger partial charge in [0, 0.05) is 35.4 Å². The maximum Gasteiger partial charge on any atom is 0.251 e. The average Bonchev–Trinajstić information content (AvgIpc) is 2.77. The topological polar surface area (TPSA) is 71.1 Å². The van der Waals surface area contributed by atoms with Gasteiger partial charge in [-0.15, -0.1) is 11.8 Å². The molecule has 2 amide bonds. The lowest BCUT2D eigenvalue weighted by Crippen LogP contribution is -2.35. The second-order valence-corrected chi connectivity index (χ2v) is 7.29. The van der Waals surface area contributed by atoms with Gasteiger partial charge >= 0.3 is 0 Å². The number of benzene rings is 2. The summed E-state index contributed by atoms with van der Waals surface area (Å²) in [4.78, 5) is 29.7. The molecule has 29 heavy (non-hydrogen) atoms. The fourth-order valence-corrected chi connectivity index (χ4v) is 3.24. The van der Waals surface area contributed by atoms with E-state index >= 15 is 0 Å². The van der Waals surface area contributed by atoms with Crippen LogP contribution in [0.15, 0.2) is 77.8 Å². The van der Waals surface area contributed by atoms with E-state index in [1.165, 1.54) is 4.90 Å². The number of hydrogen-bond donors (Lipinski definition) is 2. The summed E-state index contributed by atoms with van der Waals surface area (Å²) in [5.74, 6) is -0.278. The Morgan fingerprint density at radius 1 is 0.897 bits per heavy atom. The molecule has 0 saturated heterocycles. The van der Waals surface area contributed by atoms with Gasteiger partial charge in [-0.05, 0) is 53.8 Å². The zero-order valence-electron chi connectivity index (χ0n) is 16.2. The molecular weight excluding hydrogens is 382 g/mol. The Balaban J connectivity index is 1.48. The molecule has 1 aromatic heterocycles. The summed E-state index contributed by atoms with van der Waals surface area (Å²) in [5, 5.41) is 5.63. The monoisotopic (exact) mass is 405 g/mol. The summed E-state index contributed by atoms with van der Waals surface area (Å²) in [6, 6.07) is 21.2. The molecule has 0 unspecified atom stereocenters. The van der Waals surface area contributed by atoms with E-state index in [2.05, 4.69) is 39.9 Å². The summed E-state index contributed by atoms with van der Waals surface area (Å²) >= 11 is 1.70. The predicted molar refractivity (Wildman–Crippen MR) is 117 cm³/mol. The molecule has 0 fully saturated rings. The molecule has 2 aromatic carbocycles. The highest BCUT2D eigenvalue weighted by molar-refractivity contribution is 7.98. The maximum absolute atomic E-state index is 12.4. The van der Waals surface area contributed by atoms with Crippen molar-refractivity contribution in [2.75, 3.05) is 19.3 Å². The number of pyridine rings is 1. The Morgan fingerprint density at radius 2 is 1.69 bits per heavy atom. The Hall–Kier alpha value is -3.12. The van der Waals surface area contributed by atoms with E-state index in [1.807, 2.05) is 42.7 Å². The summed E-state index contributed by atoms with van der Waals surface area (Å²) in [5.41, 5.74) is 3.38. The second kappa shape index (κ2) is 10.4. The van der Waals surface area contributed by atoms with Crippen molar-refractivity contribution in [1.29, 1.82) is 0 Å². The highest BCUT2D eigenvalue weighted by Gasteiger charge is 2.08. The molecule has 0 aliphatic rings. The van der Waals surface area contributed by atoms with Crippen LogP contribution in [0, 0.1) is 0 Å². The van der Waals surface area contributed by atoms with Crippen LogP contribution in [-0.4, -0.2) is 36.1 Å². The highest BCUT2D eigenvalue weighted by Crippen LogP contribution is 2.23. The molecule has 3 rings (SSSR count). The van der Waals surface area contributed by atoms with Gasteiger partial charge in [0.2, 0.25) is 5.91 Å². The van der Waals surface area contributed by atoms with Crippen LogP contribution in [0.1, 0.15) is 16.1 Å². The molecule has 6 heteroatoms. The molecule has 0 bridgehead atoms.